The van der Waals surface area contributed by atoms with E-state index in [1.165, 1.54) is 22.3 Å². The molecule has 12 nitrogen and oxygen atoms in total. The third kappa shape index (κ3) is 12.3. The largest absolute Gasteiger partial charge is 0.437 e. The SMILES string of the molecule is CCc1ccc2c(n1)oc1c(-c3cc(C)cc[n+]3C)c(C)ccc12.Cc1cc[n+](C)c(-c2c(C)ccc3c2oc2nc(C)ccc23)c1.[2H]C1([2H])CCCC([2H])([2H])C1([2H])c1ccc2c(n1)oc1c(-c3cccc[n+]3C)c(C)ccc12.[2H]C1([2H])CCCC1([2H])c1ccc2c(n1)oc1c(-c3cccc[n+]3C)c(C)ccc12. The number of nitrogens with zero attached hydrogens (tertiary/aromatic N) is 8. The lowest BCUT2D eigenvalue weighted by Crippen LogP contribution is -2.30. The van der Waals surface area contributed by atoms with Gasteiger partial charge < -0.3 is 17.7 Å². The van der Waals surface area contributed by atoms with Gasteiger partial charge in [0.1, 0.15) is 28.2 Å². The van der Waals surface area contributed by atoms with Gasteiger partial charge in [0.15, 0.2) is 47.1 Å². The molecule has 2 aliphatic carbocycles. The highest BCUT2D eigenvalue weighted by atomic mass is 16.4. The van der Waals surface area contributed by atoms with Crippen LogP contribution in [-0.4, -0.2) is 19.9 Å². The van der Waals surface area contributed by atoms with Crippen LogP contribution in [0.25, 0.3) is 133 Å². The van der Waals surface area contributed by atoms with Gasteiger partial charge in [0.25, 0.3) is 0 Å². The minimum Gasteiger partial charge on any atom is -0.437 e. The average Bonchev–Trinajstić information content (AvgIpc) is 0.821. The lowest BCUT2D eigenvalue weighted by atomic mass is 9.86. The molecule has 2 aliphatic rings. The molecule has 0 N–H and O–H groups in total. The topological polar surface area (TPSA) is 120 Å². The molecule has 500 valence electrons. The summed E-state index contributed by atoms with van der Waals surface area (Å²) in [5, 5.41) is 7.93. The van der Waals surface area contributed by atoms with Gasteiger partial charge in [-0.1, -0.05) is 87.6 Å². The molecule has 12 heterocycles. The van der Waals surface area contributed by atoms with Crippen molar-refractivity contribution in [3.05, 3.63) is 239 Å². The molecule has 0 amide bonds. The molecule has 2 saturated carbocycles. The first-order valence-electron chi connectivity index (χ1n) is 38.6. The van der Waals surface area contributed by atoms with E-state index in [4.69, 9.17) is 28.6 Å². The second-order valence-electron chi connectivity index (χ2n) is 26.7. The van der Waals surface area contributed by atoms with Gasteiger partial charge in [0.2, 0.25) is 45.6 Å². The predicted octanol–water partition coefficient (Wildman–Crippen LogP) is 20.3. The van der Waals surface area contributed by atoms with Crippen LogP contribution in [0.3, 0.4) is 0 Å². The average molecular weight is 1330 g/mol. The fourth-order valence-corrected chi connectivity index (χ4v) is 14.2. The molecule has 0 aliphatic heterocycles. The van der Waals surface area contributed by atoms with Crippen molar-refractivity contribution in [2.45, 2.75) is 131 Å². The number of benzene rings is 4. The van der Waals surface area contributed by atoms with E-state index in [0.717, 1.165) is 140 Å². The van der Waals surface area contributed by atoms with Gasteiger partial charge >= 0.3 is 0 Å². The Labute approximate surface area is 595 Å². The van der Waals surface area contributed by atoms with Gasteiger partial charge in [-0.3, -0.25) is 0 Å². The van der Waals surface area contributed by atoms with Crippen molar-refractivity contribution in [1.82, 2.24) is 19.9 Å². The van der Waals surface area contributed by atoms with Gasteiger partial charge in [-0.25, -0.2) is 38.2 Å². The first-order chi connectivity index (χ1) is 51.5. The van der Waals surface area contributed by atoms with Crippen molar-refractivity contribution < 1.29 is 46.9 Å². The molecule has 0 radical (unpaired) electrons. The summed E-state index contributed by atoms with van der Waals surface area (Å²) >= 11 is 0. The summed E-state index contributed by atoms with van der Waals surface area (Å²) in [5.74, 6) is -3.44. The predicted molar refractivity (Wildman–Crippen MR) is 402 cm³/mol. The Balaban J connectivity index is 0.000000116. The molecule has 1 unspecified atom stereocenters. The van der Waals surface area contributed by atoms with Crippen LogP contribution >= 0.6 is 0 Å². The van der Waals surface area contributed by atoms with E-state index in [1.807, 2.05) is 99.5 Å². The number of pyridine rings is 8. The lowest BCUT2D eigenvalue weighted by molar-refractivity contribution is -0.660. The number of hydrogen-bond donors (Lipinski definition) is 0. The highest BCUT2D eigenvalue weighted by molar-refractivity contribution is 6.12. The monoisotopic (exact) mass is 1330 g/mol. The van der Waals surface area contributed by atoms with Gasteiger partial charge in [0.05, 0.1) is 22.3 Å². The van der Waals surface area contributed by atoms with Crippen molar-refractivity contribution >= 4 is 88.3 Å². The maximum absolute atomic E-state index is 8.96. The van der Waals surface area contributed by atoms with E-state index in [0.29, 0.717) is 54.1 Å². The number of aromatic nitrogens is 8. The summed E-state index contributed by atoms with van der Waals surface area (Å²) < 4.78 is 101. The standard InChI is InChI=1S/C24H25N2O.C23H23N2O.C21H21N2O.C20H19N2O/c1-16-11-12-18-19-13-14-20(17-8-4-3-5-9-17)25-24(19)27-23(18)22(16)21-10-6-7-15-26(21)2;1-15-10-11-17-18-12-13-19(16-7-3-4-8-16)24-23(18)26-22(17)21(15)20-9-5-6-14-25(20)2;1-5-15-7-9-17-16-8-6-14(3)19(20(16)24-21(17)22-15)18-12-13(2)10-11-23(18)4;1-12-9-10-22(4)17(11-12)18-13(2)5-7-15-16-8-6-14(3)21-20(16)23-19(15)18/h6-7,10-15,17H,3-5,8-9H2,1-2H3;5-6,9-14,16H,3-4,7-8H2,1-2H3;6-12H,5H2,1-4H3;5-11H,1-4H3/q4*+1/i8D2,9D2,17D;7D2,16D;;. The van der Waals surface area contributed by atoms with Crippen molar-refractivity contribution in [2.24, 2.45) is 28.2 Å². The molecular weight excluding hydrogens is 1230 g/mol. The normalized spacial score (nSPS) is 17.9. The zero-order valence-corrected chi connectivity index (χ0v) is 59.0. The van der Waals surface area contributed by atoms with Crippen LogP contribution in [0, 0.1) is 48.5 Å². The summed E-state index contributed by atoms with van der Waals surface area (Å²) in [7, 11) is 8.13. The highest BCUT2D eigenvalue weighted by Gasteiger charge is 2.28. The summed E-state index contributed by atoms with van der Waals surface area (Å²) in [6.07, 6.45) is 5.65. The Bertz CT molecular complexity index is 6260. The van der Waals surface area contributed by atoms with Gasteiger partial charge in [-0.2, -0.15) is 0 Å². The fraction of sp³-hybridized carbons (Fsp3) is 0.273. The summed E-state index contributed by atoms with van der Waals surface area (Å²) in [4.78, 5) is 18.4. The molecule has 0 saturated heterocycles. The van der Waals surface area contributed by atoms with Gasteiger partial charge in [-0.15, -0.1) is 0 Å². The zero-order valence-electron chi connectivity index (χ0n) is 67.0. The maximum Gasteiger partial charge on any atom is 0.227 e. The number of hydrogen-bond acceptors (Lipinski definition) is 8. The van der Waals surface area contributed by atoms with E-state index < -0.39 is 30.9 Å². The zero-order chi connectivity index (χ0) is 76.3. The number of rotatable bonds is 7. The molecule has 16 aromatic rings. The van der Waals surface area contributed by atoms with Crippen LogP contribution in [0.1, 0.15) is 143 Å². The fourth-order valence-electron chi connectivity index (χ4n) is 14.2. The van der Waals surface area contributed by atoms with Crippen molar-refractivity contribution in [2.75, 3.05) is 0 Å². The molecule has 1 atom stereocenters. The number of fused-ring (bicyclic) bond motifs is 12. The summed E-state index contributed by atoms with van der Waals surface area (Å²) in [6, 6.07) is 52.9. The van der Waals surface area contributed by atoms with E-state index >= 15 is 0 Å². The third-order valence-corrected chi connectivity index (χ3v) is 19.6. The van der Waals surface area contributed by atoms with E-state index in [1.54, 1.807) is 18.2 Å². The molecule has 100 heavy (non-hydrogen) atoms. The number of aryl methyl sites for hydroxylation is 12. The van der Waals surface area contributed by atoms with Crippen LogP contribution in [-0.2, 0) is 34.6 Å². The Kier molecular flexibility index (Phi) is 15.3. The molecule has 12 aromatic heterocycles. The van der Waals surface area contributed by atoms with Crippen molar-refractivity contribution in [3.63, 3.8) is 0 Å². The lowest BCUT2D eigenvalue weighted by Gasteiger charge is -2.20. The number of furan rings is 4. The Morgan fingerprint density at radius 1 is 0.370 bits per heavy atom. The van der Waals surface area contributed by atoms with Crippen molar-refractivity contribution in [1.29, 1.82) is 0 Å². The van der Waals surface area contributed by atoms with Crippen LogP contribution in [0.2, 0.25) is 0 Å². The van der Waals surface area contributed by atoms with E-state index in [2.05, 4.69) is 187 Å². The summed E-state index contributed by atoms with van der Waals surface area (Å²) in [5.41, 5.74) is 23.7. The second-order valence-corrected chi connectivity index (χ2v) is 26.7. The van der Waals surface area contributed by atoms with Crippen LogP contribution in [0.5, 0.6) is 0 Å². The Morgan fingerprint density at radius 3 is 1.17 bits per heavy atom. The quantitative estimate of drug-likeness (QED) is 0.145. The highest BCUT2D eigenvalue weighted by Crippen LogP contribution is 2.43. The molecule has 0 bridgehead atoms. The molecule has 18 rings (SSSR count). The maximum atomic E-state index is 8.96. The Hall–Kier alpha value is -10.7. The Morgan fingerprint density at radius 2 is 0.740 bits per heavy atom. The van der Waals surface area contributed by atoms with Crippen LogP contribution in [0.15, 0.2) is 200 Å². The van der Waals surface area contributed by atoms with Gasteiger partial charge in [0, 0.05) is 137 Å². The molecule has 12 heteroatoms. The minimum absolute atomic E-state index is 0.0716. The minimum atomic E-state index is -2.12. The van der Waals surface area contributed by atoms with Gasteiger partial charge in [-0.05, 0) is 174 Å². The second kappa shape index (κ2) is 27.2. The molecule has 2 fully saturated rings. The van der Waals surface area contributed by atoms with Crippen LogP contribution < -0.4 is 18.3 Å². The smallest absolute Gasteiger partial charge is 0.227 e. The molecular formula is C88H88N8O4+4. The summed E-state index contributed by atoms with van der Waals surface area (Å²) in [6.45, 7) is 16.7. The third-order valence-electron chi connectivity index (χ3n) is 19.6. The van der Waals surface area contributed by atoms with Crippen LogP contribution in [0.4, 0.5) is 0 Å². The first kappa shape index (κ1) is 56.2. The first-order valence-corrected chi connectivity index (χ1v) is 34.6. The molecule has 0 spiro atoms. The van der Waals surface area contributed by atoms with E-state index in [9.17, 15) is 0 Å². The van der Waals surface area contributed by atoms with Crippen molar-refractivity contribution in [3.8, 4) is 45.0 Å². The molecule has 4 aromatic carbocycles. The van der Waals surface area contributed by atoms with E-state index in [-0.39, 0.29) is 18.5 Å².